The monoisotopic (exact) mass is 355 g/mol. The fourth-order valence-electron chi connectivity index (χ4n) is 2.90. The Morgan fingerprint density at radius 3 is 2.32 bits per heavy atom. The van der Waals surface area contributed by atoms with E-state index in [0.717, 1.165) is 17.7 Å². The number of rotatable bonds is 8. The Bertz CT molecular complexity index is 743. The topological polar surface area (TPSA) is 23.5 Å². The molecule has 25 heavy (non-hydrogen) atoms. The summed E-state index contributed by atoms with van der Waals surface area (Å²) in [6.45, 7) is 2.04. The fraction of sp³-hybridized carbons (Fsp3) is 0.238. The third-order valence-electron chi connectivity index (χ3n) is 4.06. The summed E-state index contributed by atoms with van der Waals surface area (Å²) >= 11 is 1.71. The number of benzene rings is 2. The van der Waals surface area contributed by atoms with Crippen molar-refractivity contribution in [3.8, 4) is 0 Å². The van der Waals surface area contributed by atoms with E-state index in [1.54, 1.807) is 23.5 Å². The molecule has 0 saturated carbocycles. The lowest BCUT2D eigenvalue weighted by atomic mass is 10.1. The van der Waals surface area contributed by atoms with E-state index < -0.39 is 6.10 Å². The molecule has 0 aliphatic rings. The molecule has 2 aromatic carbocycles. The van der Waals surface area contributed by atoms with Crippen LogP contribution < -0.4 is 0 Å². The molecular weight excluding hydrogens is 333 g/mol. The van der Waals surface area contributed by atoms with Crippen molar-refractivity contribution in [3.05, 3.63) is 93.9 Å². The van der Waals surface area contributed by atoms with Crippen molar-refractivity contribution in [2.45, 2.75) is 25.6 Å². The molecule has 0 aliphatic carbocycles. The zero-order chi connectivity index (χ0) is 17.5. The third kappa shape index (κ3) is 5.78. The highest BCUT2D eigenvalue weighted by molar-refractivity contribution is 7.09. The standard InChI is InChI=1S/C21H22FNOS/c22-19-10-8-18(9-11-19)14-23(16-21-7-4-12-25-21)15-20(24)13-17-5-2-1-3-6-17/h1-12,20,24H,13-16H2/t20-/m1/s1. The summed E-state index contributed by atoms with van der Waals surface area (Å²) in [6.07, 6.45) is 0.188. The molecule has 1 heterocycles. The van der Waals surface area contributed by atoms with Gasteiger partial charge >= 0.3 is 0 Å². The van der Waals surface area contributed by atoms with Gasteiger partial charge in [0, 0.05) is 24.5 Å². The Balaban J connectivity index is 1.65. The van der Waals surface area contributed by atoms with E-state index in [9.17, 15) is 9.50 Å². The molecule has 0 bridgehead atoms. The van der Waals surface area contributed by atoms with Gasteiger partial charge in [0.05, 0.1) is 6.10 Å². The molecule has 3 rings (SSSR count). The fourth-order valence-corrected chi connectivity index (χ4v) is 3.65. The summed E-state index contributed by atoms with van der Waals surface area (Å²) in [5.74, 6) is -0.224. The Labute approximate surface area is 152 Å². The molecular formula is C21H22FNOS. The number of aliphatic hydroxyl groups is 1. The van der Waals surface area contributed by atoms with Crippen molar-refractivity contribution in [1.29, 1.82) is 0 Å². The van der Waals surface area contributed by atoms with Gasteiger partial charge in [0.1, 0.15) is 5.82 Å². The molecule has 2 nitrogen and oxygen atoms in total. The van der Waals surface area contributed by atoms with E-state index in [4.69, 9.17) is 0 Å². The van der Waals surface area contributed by atoms with Gasteiger partial charge in [-0.1, -0.05) is 48.5 Å². The van der Waals surface area contributed by atoms with E-state index in [-0.39, 0.29) is 5.82 Å². The predicted molar refractivity (Wildman–Crippen MR) is 101 cm³/mol. The Morgan fingerprint density at radius 2 is 1.64 bits per heavy atom. The summed E-state index contributed by atoms with van der Waals surface area (Å²) < 4.78 is 13.1. The highest BCUT2D eigenvalue weighted by Gasteiger charge is 2.14. The van der Waals surface area contributed by atoms with Crippen molar-refractivity contribution in [2.24, 2.45) is 0 Å². The quantitative estimate of drug-likeness (QED) is 0.643. The molecule has 0 radical (unpaired) electrons. The molecule has 0 aliphatic heterocycles. The van der Waals surface area contributed by atoms with Crippen molar-refractivity contribution in [1.82, 2.24) is 4.90 Å². The first-order valence-electron chi connectivity index (χ1n) is 8.40. The summed E-state index contributed by atoms with van der Waals surface area (Å²) in [7, 11) is 0. The van der Waals surface area contributed by atoms with Gasteiger partial charge in [-0.05, 0) is 41.1 Å². The van der Waals surface area contributed by atoms with Gasteiger partial charge in [-0.25, -0.2) is 4.39 Å². The minimum Gasteiger partial charge on any atom is -0.391 e. The van der Waals surface area contributed by atoms with Crippen LogP contribution in [0.25, 0.3) is 0 Å². The molecule has 4 heteroatoms. The second-order valence-corrected chi connectivity index (χ2v) is 7.25. The third-order valence-corrected chi connectivity index (χ3v) is 4.92. The summed E-state index contributed by atoms with van der Waals surface area (Å²) in [6, 6.07) is 20.8. The number of aliphatic hydroxyl groups excluding tert-OH is 1. The number of nitrogens with zero attached hydrogens (tertiary/aromatic N) is 1. The van der Waals surface area contributed by atoms with E-state index in [1.165, 1.54) is 17.0 Å². The van der Waals surface area contributed by atoms with Crippen LogP contribution in [0.3, 0.4) is 0 Å². The second-order valence-electron chi connectivity index (χ2n) is 6.22. The van der Waals surface area contributed by atoms with Crippen LogP contribution in [0.2, 0.25) is 0 Å². The van der Waals surface area contributed by atoms with Crippen molar-refractivity contribution >= 4 is 11.3 Å². The second kappa shape index (κ2) is 8.90. The summed E-state index contributed by atoms with van der Waals surface area (Å²) in [5, 5.41) is 12.6. The van der Waals surface area contributed by atoms with Crippen LogP contribution in [0.1, 0.15) is 16.0 Å². The van der Waals surface area contributed by atoms with Crippen LogP contribution in [0, 0.1) is 5.82 Å². The van der Waals surface area contributed by atoms with E-state index >= 15 is 0 Å². The highest BCUT2D eigenvalue weighted by Crippen LogP contribution is 2.16. The number of hydrogen-bond donors (Lipinski definition) is 1. The molecule has 1 atom stereocenters. The maximum atomic E-state index is 13.1. The van der Waals surface area contributed by atoms with Gasteiger partial charge in [0.15, 0.2) is 0 Å². The average molecular weight is 355 g/mol. The normalized spacial score (nSPS) is 12.4. The molecule has 0 spiro atoms. The number of halogens is 1. The molecule has 1 N–H and O–H groups in total. The van der Waals surface area contributed by atoms with Crippen LogP contribution in [0.4, 0.5) is 4.39 Å². The molecule has 0 amide bonds. The Morgan fingerprint density at radius 1 is 0.880 bits per heavy atom. The van der Waals surface area contributed by atoms with Crippen LogP contribution in [-0.4, -0.2) is 22.7 Å². The SMILES string of the molecule is O[C@H](Cc1ccccc1)CN(Cc1ccc(F)cc1)Cc1cccs1. The van der Waals surface area contributed by atoms with Crippen LogP contribution in [-0.2, 0) is 19.5 Å². The van der Waals surface area contributed by atoms with Gasteiger partial charge in [0.2, 0.25) is 0 Å². The number of thiophene rings is 1. The molecule has 0 fully saturated rings. The largest absolute Gasteiger partial charge is 0.391 e. The van der Waals surface area contributed by atoms with Crippen LogP contribution >= 0.6 is 11.3 Å². The van der Waals surface area contributed by atoms with Gasteiger partial charge in [-0.15, -0.1) is 11.3 Å². The lowest BCUT2D eigenvalue weighted by Crippen LogP contribution is -2.32. The highest BCUT2D eigenvalue weighted by atomic mass is 32.1. The first-order chi connectivity index (χ1) is 12.2. The van der Waals surface area contributed by atoms with Crippen molar-refractivity contribution < 1.29 is 9.50 Å². The summed E-state index contributed by atoms with van der Waals surface area (Å²) in [4.78, 5) is 3.47. The molecule has 0 unspecified atom stereocenters. The maximum absolute atomic E-state index is 13.1. The van der Waals surface area contributed by atoms with Gasteiger partial charge < -0.3 is 5.11 Å². The van der Waals surface area contributed by atoms with Crippen LogP contribution in [0.15, 0.2) is 72.1 Å². The maximum Gasteiger partial charge on any atom is 0.123 e. The Kier molecular flexibility index (Phi) is 6.34. The first kappa shape index (κ1) is 17.8. The molecule has 130 valence electrons. The van der Waals surface area contributed by atoms with Crippen molar-refractivity contribution in [2.75, 3.05) is 6.54 Å². The molecule has 1 aromatic heterocycles. The zero-order valence-electron chi connectivity index (χ0n) is 14.0. The average Bonchev–Trinajstić information content (AvgIpc) is 3.10. The first-order valence-corrected chi connectivity index (χ1v) is 9.28. The smallest absolute Gasteiger partial charge is 0.123 e. The lowest BCUT2D eigenvalue weighted by molar-refractivity contribution is 0.105. The Hall–Kier alpha value is -2.01. The molecule has 3 aromatic rings. The predicted octanol–water partition coefficient (Wildman–Crippen LogP) is 4.49. The van der Waals surface area contributed by atoms with Gasteiger partial charge in [-0.2, -0.15) is 0 Å². The van der Waals surface area contributed by atoms with Gasteiger partial charge in [0.25, 0.3) is 0 Å². The van der Waals surface area contributed by atoms with Crippen molar-refractivity contribution in [3.63, 3.8) is 0 Å². The van der Waals surface area contributed by atoms with E-state index in [2.05, 4.69) is 16.3 Å². The minimum absolute atomic E-state index is 0.224. The lowest BCUT2D eigenvalue weighted by Gasteiger charge is -2.25. The van der Waals surface area contributed by atoms with Gasteiger partial charge in [-0.3, -0.25) is 4.90 Å². The zero-order valence-corrected chi connectivity index (χ0v) is 14.8. The minimum atomic E-state index is -0.442. The molecule has 0 saturated heterocycles. The van der Waals surface area contributed by atoms with Crippen LogP contribution in [0.5, 0.6) is 0 Å². The van der Waals surface area contributed by atoms with E-state index in [0.29, 0.717) is 19.5 Å². The van der Waals surface area contributed by atoms with E-state index in [1.807, 2.05) is 36.4 Å². The number of hydrogen-bond acceptors (Lipinski definition) is 3. The summed E-state index contributed by atoms with van der Waals surface area (Å²) in [5.41, 5.74) is 2.18.